The van der Waals surface area contributed by atoms with Gasteiger partial charge in [-0.15, -0.1) is 6.58 Å². The number of carbonyl (C=O) groups excluding carboxylic acids is 1. The summed E-state index contributed by atoms with van der Waals surface area (Å²) in [5.41, 5.74) is 2.75. The van der Waals surface area contributed by atoms with Crippen molar-refractivity contribution in [3.8, 4) is 5.75 Å². The monoisotopic (exact) mass is 443 g/mol. The molecule has 0 aliphatic carbocycles. The average molecular weight is 444 g/mol. The van der Waals surface area contributed by atoms with E-state index in [4.69, 9.17) is 4.74 Å². The molecular formula is C23H29N3O4S. The summed E-state index contributed by atoms with van der Waals surface area (Å²) in [5, 5.41) is 2.84. The molecule has 0 saturated carbocycles. The normalized spacial score (nSPS) is 14.0. The van der Waals surface area contributed by atoms with E-state index < -0.39 is 15.9 Å². The minimum Gasteiger partial charge on any atom is -0.497 e. The number of carbonyl (C=O) groups is 1. The maximum atomic E-state index is 13.0. The molecule has 166 valence electrons. The lowest BCUT2D eigenvalue weighted by Gasteiger charge is -2.22. The molecule has 8 heteroatoms. The van der Waals surface area contributed by atoms with E-state index in [1.54, 1.807) is 12.1 Å². The number of hydrogen-bond acceptors (Lipinski definition) is 5. The molecular weight excluding hydrogens is 414 g/mol. The number of aryl methyl sites for hydroxylation is 1. The van der Waals surface area contributed by atoms with Crippen LogP contribution in [0.1, 0.15) is 18.4 Å². The third-order valence-corrected chi connectivity index (χ3v) is 7.13. The van der Waals surface area contributed by atoms with E-state index in [-0.39, 0.29) is 18.0 Å². The van der Waals surface area contributed by atoms with Crippen molar-refractivity contribution in [3.63, 3.8) is 0 Å². The second kappa shape index (κ2) is 9.98. The van der Waals surface area contributed by atoms with Crippen molar-refractivity contribution in [3.05, 3.63) is 60.7 Å². The van der Waals surface area contributed by atoms with Crippen LogP contribution >= 0.6 is 0 Å². The zero-order chi connectivity index (χ0) is 22.4. The van der Waals surface area contributed by atoms with Crippen LogP contribution in [-0.4, -0.2) is 51.9 Å². The van der Waals surface area contributed by atoms with Crippen LogP contribution in [0, 0.1) is 6.92 Å². The number of amides is 1. The fourth-order valence-electron chi connectivity index (χ4n) is 3.60. The Morgan fingerprint density at radius 1 is 1.19 bits per heavy atom. The van der Waals surface area contributed by atoms with Crippen molar-refractivity contribution >= 4 is 27.3 Å². The van der Waals surface area contributed by atoms with E-state index in [1.807, 2.05) is 19.1 Å². The van der Waals surface area contributed by atoms with Crippen LogP contribution in [0.25, 0.3) is 0 Å². The Balaban J connectivity index is 1.72. The number of benzene rings is 2. The first-order valence-electron chi connectivity index (χ1n) is 10.3. The summed E-state index contributed by atoms with van der Waals surface area (Å²) < 4.78 is 32.2. The Hall–Kier alpha value is -2.84. The maximum absolute atomic E-state index is 13.0. The van der Waals surface area contributed by atoms with Gasteiger partial charge in [-0.3, -0.25) is 4.79 Å². The van der Waals surface area contributed by atoms with Gasteiger partial charge in [-0.05, 0) is 67.8 Å². The molecule has 1 heterocycles. The summed E-state index contributed by atoms with van der Waals surface area (Å²) in [6.45, 7) is 7.36. The number of nitrogens with zero attached hydrogens (tertiary/aromatic N) is 2. The minimum absolute atomic E-state index is 0.0225. The molecule has 31 heavy (non-hydrogen) atoms. The first-order valence-corrected chi connectivity index (χ1v) is 11.7. The molecule has 0 unspecified atom stereocenters. The van der Waals surface area contributed by atoms with E-state index >= 15 is 0 Å². The van der Waals surface area contributed by atoms with Crippen molar-refractivity contribution in [1.29, 1.82) is 0 Å². The van der Waals surface area contributed by atoms with Crippen molar-refractivity contribution in [1.82, 2.24) is 4.31 Å². The van der Waals surface area contributed by atoms with Gasteiger partial charge in [0, 0.05) is 31.0 Å². The van der Waals surface area contributed by atoms with Gasteiger partial charge in [0.1, 0.15) is 5.75 Å². The van der Waals surface area contributed by atoms with Gasteiger partial charge in [0.05, 0.1) is 18.6 Å². The third kappa shape index (κ3) is 5.45. The second-order valence-electron chi connectivity index (χ2n) is 7.50. The lowest BCUT2D eigenvalue weighted by atomic mass is 10.1. The zero-order valence-corrected chi connectivity index (χ0v) is 18.8. The Morgan fingerprint density at radius 3 is 2.45 bits per heavy atom. The highest BCUT2D eigenvalue weighted by Gasteiger charge is 2.26. The Morgan fingerprint density at radius 2 is 1.87 bits per heavy atom. The van der Waals surface area contributed by atoms with Crippen molar-refractivity contribution in [2.45, 2.75) is 24.7 Å². The van der Waals surface area contributed by atoms with Gasteiger partial charge in [0.15, 0.2) is 0 Å². The van der Waals surface area contributed by atoms with Gasteiger partial charge in [0.25, 0.3) is 0 Å². The van der Waals surface area contributed by atoms with Crippen LogP contribution in [0.4, 0.5) is 11.4 Å². The minimum atomic E-state index is -3.86. The van der Waals surface area contributed by atoms with E-state index in [9.17, 15) is 13.2 Å². The number of nitrogens with one attached hydrogen (secondary N) is 1. The van der Waals surface area contributed by atoms with Crippen LogP contribution in [-0.2, 0) is 14.8 Å². The number of sulfonamides is 1. The lowest BCUT2D eigenvalue weighted by molar-refractivity contribution is -0.116. The summed E-state index contributed by atoms with van der Waals surface area (Å²) in [6.07, 6.45) is 3.85. The van der Waals surface area contributed by atoms with Crippen LogP contribution in [0.2, 0.25) is 0 Å². The summed E-state index contributed by atoms with van der Waals surface area (Å²) in [4.78, 5) is 15.1. The molecule has 0 bridgehead atoms. The molecule has 1 aliphatic heterocycles. The van der Waals surface area contributed by atoms with Crippen LogP contribution in [0.15, 0.2) is 60.0 Å². The fourth-order valence-corrected chi connectivity index (χ4v) is 4.97. The predicted molar refractivity (Wildman–Crippen MR) is 123 cm³/mol. The van der Waals surface area contributed by atoms with Crippen molar-refractivity contribution in [2.24, 2.45) is 0 Å². The number of methoxy groups -OCH3 is 1. The summed E-state index contributed by atoms with van der Waals surface area (Å²) in [6, 6.07) is 12.0. The van der Waals surface area contributed by atoms with Gasteiger partial charge >= 0.3 is 0 Å². The number of ether oxygens (including phenoxy) is 1. The predicted octanol–water partition coefficient (Wildman–Crippen LogP) is 3.42. The lowest BCUT2D eigenvalue weighted by Crippen LogP contribution is -2.38. The fraction of sp³-hybridized carbons (Fsp3) is 0.348. The molecule has 0 spiro atoms. The van der Waals surface area contributed by atoms with Crippen molar-refractivity contribution in [2.75, 3.05) is 43.5 Å². The first-order chi connectivity index (χ1) is 14.8. The second-order valence-corrected chi connectivity index (χ2v) is 9.44. The molecule has 2 aromatic carbocycles. The highest BCUT2D eigenvalue weighted by Crippen LogP contribution is 2.26. The molecule has 0 radical (unpaired) electrons. The topological polar surface area (TPSA) is 79.0 Å². The quantitative estimate of drug-likeness (QED) is 0.601. The van der Waals surface area contributed by atoms with E-state index in [2.05, 4.69) is 22.9 Å². The van der Waals surface area contributed by atoms with Crippen LogP contribution in [0.5, 0.6) is 5.75 Å². The molecule has 1 amide bonds. The van der Waals surface area contributed by atoms with E-state index in [0.29, 0.717) is 11.4 Å². The van der Waals surface area contributed by atoms with Gasteiger partial charge < -0.3 is 15.0 Å². The SMILES string of the molecule is C=CCN(CC(=O)Nc1ccc(N2CCCC2)cc1C)S(=O)(=O)c1ccc(OC)cc1. The molecule has 2 aromatic rings. The van der Waals surface area contributed by atoms with Crippen LogP contribution < -0.4 is 15.0 Å². The van der Waals surface area contributed by atoms with Crippen LogP contribution in [0.3, 0.4) is 0 Å². The van der Waals surface area contributed by atoms with Gasteiger partial charge in [-0.1, -0.05) is 6.08 Å². The number of hydrogen-bond donors (Lipinski definition) is 1. The molecule has 1 fully saturated rings. The summed E-state index contributed by atoms with van der Waals surface area (Å²) >= 11 is 0. The Labute approximate surface area is 184 Å². The van der Waals surface area contributed by atoms with E-state index in [0.717, 1.165) is 28.6 Å². The molecule has 1 aliphatic rings. The highest BCUT2D eigenvalue weighted by molar-refractivity contribution is 7.89. The van der Waals surface area contributed by atoms with E-state index in [1.165, 1.54) is 38.2 Å². The highest BCUT2D eigenvalue weighted by atomic mass is 32.2. The number of rotatable bonds is 9. The molecule has 0 aromatic heterocycles. The largest absolute Gasteiger partial charge is 0.497 e. The van der Waals surface area contributed by atoms with Gasteiger partial charge in [-0.25, -0.2) is 8.42 Å². The van der Waals surface area contributed by atoms with Crippen molar-refractivity contribution < 1.29 is 17.9 Å². The maximum Gasteiger partial charge on any atom is 0.243 e. The summed E-state index contributed by atoms with van der Waals surface area (Å²) in [7, 11) is -2.35. The molecule has 1 N–H and O–H groups in total. The third-order valence-electron chi connectivity index (χ3n) is 5.31. The smallest absolute Gasteiger partial charge is 0.243 e. The average Bonchev–Trinajstić information content (AvgIpc) is 3.30. The molecule has 7 nitrogen and oxygen atoms in total. The van der Waals surface area contributed by atoms with Gasteiger partial charge in [0.2, 0.25) is 15.9 Å². The van der Waals surface area contributed by atoms with Gasteiger partial charge in [-0.2, -0.15) is 4.31 Å². The molecule has 0 atom stereocenters. The Kier molecular flexibility index (Phi) is 7.35. The zero-order valence-electron chi connectivity index (χ0n) is 18.0. The molecule has 3 rings (SSSR count). The Bertz CT molecular complexity index is 1030. The standard InChI is InChI=1S/C23H29N3O4S/c1-4-13-26(31(28,29)21-10-8-20(30-3)9-11-21)17-23(27)24-22-12-7-19(16-18(22)2)25-14-5-6-15-25/h4,7-12,16H,1,5-6,13-15,17H2,2-3H3,(H,24,27). The first kappa shape index (κ1) is 22.8. The molecule has 1 saturated heterocycles. The summed E-state index contributed by atoms with van der Waals surface area (Å²) in [5.74, 6) is 0.149. The number of anilines is 2.